The number of halogens is 1. The van der Waals surface area contributed by atoms with Crippen molar-refractivity contribution in [2.75, 3.05) is 64.8 Å². The third-order valence-corrected chi connectivity index (χ3v) is 2.95. The summed E-state index contributed by atoms with van der Waals surface area (Å²) in [7, 11) is 0. The van der Waals surface area contributed by atoms with Crippen LogP contribution < -0.4 is 0 Å². The van der Waals surface area contributed by atoms with Gasteiger partial charge in [0.25, 0.3) is 0 Å². The van der Waals surface area contributed by atoms with Crippen LogP contribution in [0.5, 0.6) is 0 Å². The molecule has 25 heavy (non-hydrogen) atoms. The molecule has 0 saturated heterocycles. The van der Waals surface area contributed by atoms with E-state index < -0.39 is 17.7 Å². The highest BCUT2D eigenvalue weighted by Crippen LogP contribution is 1.95. The van der Waals surface area contributed by atoms with Crippen LogP contribution in [0.1, 0.15) is 12.8 Å². The van der Waals surface area contributed by atoms with Gasteiger partial charge >= 0.3 is 11.9 Å². The van der Waals surface area contributed by atoms with Gasteiger partial charge in [-0.05, 0) is 0 Å². The first-order valence-corrected chi connectivity index (χ1v) is 8.98. The molecule has 0 aliphatic carbocycles. The van der Waals surface area contributed by atoms with Gasteiger partial charge in [-0.15, -0.1) is 0 Å². The Morgan fingerprint density at radius 1 is 0.680 bits per heavy atom. The van der Waals surface area contributed by atoms with Crippen LogP contribution in [0.15, 0.2) is 0 Å². The summed E-state index contributed by atoms with van der Waals surface area (Å²) in [4.78, 5) is 32.3. The molecule has 0 aromatic heterocycles. The predicted molar refractivity (Wildman–Crippen MR) is 89.9 cm³/mol. The fourth-order valence-electron chi connectivity index (χ4n) is 1.43. The Hall–Kier alpha value is -1.07. The van der Waals surface area contributed by atoms with E-state index in [1.165, 1.54) is 0 Å². The molecule has 0 aromatic rings. The van der Waals surface area contributed by atoms with E-state index in [1.54, 1.807) is 0 Å². The summed E-state index contributed by atoms with van der Waals surface area (Å²) in [5.41, 5.74) is 0. The number of alkyl halides is 1. The Morgan fingerprint density at radius 2 is 1.12 bits per heavy atom. The van der Waals surface area contributed by atoms with Gasteiger partial charge in [0.2, 0.25) is 5.78 Å². The molecule has 0 amide bonds. The van der Waals surface area contributed by atoms with E-state index in [4.69, 9.17) is 28.8 Å². The van der Waals surface area contributed by atoms with Gasteiger partial charge in [-0.2, -0.15) is 0 Å². The number of ether oxygens (including phenoxy) is 5. The normalized spacial score (nSPS) is 10.6. The van der Waals surface area contributed by atoms with Crippen LogP contribution in [0.2, 0.25) is 0 Å². The number of rotatable bonds is 18. The Morgan fingerprint density at radius 3 is 1.56 bits per heavy atom. The second-order valence-electron chi connectivity index (χ2n) is 4.59. The molecule has 0 fully saturated rings. The van der Waals surface area contributed by atoms with Gasteiger partial charge in [-0.25, -0.2) is 4.79 Å². The van der Waals surface area contributed by atoms with Crippen molar-refractivity contribution in [1.82, 2.24) is 0 Å². The van der Waals surface area contributed by atoms with Crippen LogP contribution in [0.3, 0.4) is 0 Å². The first kappa shape index (κ1) is 23.9. The summed E-state index contributed by atoms with van der Waals surface area (Å²) in [5.74, 6) is -3.20. The van der Waals surface area contributed by atoms with Gasteiger partial charge < -0.3 is 28.8 Å². The minimum atomic E-state index is -1.55. The van der Waals surface area contributed by atoms with Gasteiger partial charge in [-0.3, -0.25) is 9.59 Å². The van der Waals surface area contributed by atoms with Gasteiger partial charge in [0, 0.05) is 11.8 Å². The molecule has 9 nitrogen and oxygen atoms in total. The summed E-state index contributed by atoms with van der Waals surface area (Å²) >= 11 is 3.25. The standard InChI is InChI=1S/C15H25BrO9/c16-3-4-21-5-6-22-7-8-23-9-10-24-11-12-25-14(18)2-1-13(17)15(19)20/h1-12H2,(H,19,20). The van der Waals surface area contributed by atoms with Gasteiger partial charge in [-0.1, -0.05) is 15.9 Å². The Labute approximate surface area is 155 Å². The zero-order chi connectivity index (χ0) is 18.8. The Balaban J connectivity index is 3.22. The molecule has 0 spiro atoms. The highest BCUT2D eigenvalue weighted by molar-refractivity contribution is 9.09. The smallest absolute Gasteiger partial charge is 0.372 e. The largest absolute Gasteiger partial charge is 0.476 e. The molecule has 0 heterocycles. The predicted octanol–water partition coefficient (Wildman–Crippen LogP) is 0.425. The maximum absolute atomic E-state index is 11.2. The summed E-state index contributed by atoms with van der Waals surface area (Å²) in [5, 5.41) is 9.16. The second-order valence-corrected chi connectivity index (χ2v) is 5.38. The van der Waals surface area contributed by atoms with Crippen molar-refractivity contribution in [1.29, 1.82) is 0 Å². The summed E-state index contributed by atoms with van der Waals surface area (Å²) in [6.45, 7) is 3.65. The van der Waals surface area contributed by atoms with Crippen LogP contribution in [-0.4, -0.2) is 87.6 Å². The number of Topliss-reactive ketones (excluding diaryl/α,β-unsaturated/α-hetero) is 1. The van der Waals surface area contributed by atoms with Crippen LogP contribution in [0, 0.1) is 0 Å². The van der Waals surface area contributed by atoms with Gasteiger partial charge in [0.05, 0.1) is 59.3 Å². The fraction of sp³-hybridized carbons (Fsp3) is 0.800. The number of carboxylic acid groups (broad SMARTS) is 1. The number of ketones is 1. The van der Waals surface area contributed by atoms with E-state index in [2.05, 4.69) is 15.9 Å². The molecular formula is C15H25BrO9. The lowest BCUT2D eigenvalue weighted by Gasteiger charge is -2.07. The first-order chi connectivity index (χ1) is 12.1. The number of aliphatic carboxylic acids is 1. The molecule has 1 N–H and O–H groups in total. The third kappa shape index (κ3) is 17.5. The maximum Gasteiger partial charge on any atom is 0.372 e. The average molecular weight is 429 g/mol. The van der Waals surface area contributed by atoms with Crippen LogP contribution >= 0.6 is 15.9 Å². The fourth-order valence-corrected chi connectivity index (χ4v) is 1.65. The van der Waals surface area contributed by atoms with Crippen molar-refractivity contribution in [3.8, 4) is 0 Å². The lowest BCUT2D eigenvalue weighted by molar-refractivity contribution is -0.151. The van der Waals surface area contributed by atoms with Crippen molar-refractivity contribution in [3.05, 3.63) is 0 Å². The molecule has 0 aromatic carbocycles. The molecule has 146 valence electrons. The summed E-state index contributed by atoms with van der Waals surface area (Å²) in [6, 6.07) is 0. The van der Waals surface area contributed by atoms with Crippen molar-refractivity contribution < 1.29 is 43.2 Å². The highest BCUT2D eigenvalue weighted by Gasteiger charge is 2.13. The van der Waals surface area contributed by atoms with E-state index in [1.807, 2.05) is 0 Å². The number of carbonyl (C=O) groups is 3. The average Bonchev–Trinajstić information content (AvgIpc) is 2.59. The summed E-state index contributed by atoms with van der Waals surface area (Å²) in [6.07, 6.45) is -0.622. The molecule has 0 unspecified atom stereocenters. The first-order valence-electron chi connectivity index (χ1n) is 7.86. The second kappa shape index (κ2) is 17.7. The molecule has 0 saturated carbocycles. The van der Waals surface area contributed by atoms with E-state index in [9.17, 15) is 14.4 Å². The van der Waals surface area contributed by atoms with E-state index in [-0.39, 0.29) is 26.1 Å². The van der Waals surface area contributed by atoms with Gasteiger partial charge in [0.15, 0.2) is 0 Å². The topological polar surface area (TPSA) is 118 Å². The minimum Gasteiger partial charge on any atom is -0.476 e. The molecular weight excluding hydrogens is 404 g/mol. The zero-order valence-electron chi connectivity index (χ0n) is 14.1. The quantitative estimate of drug-likeness (QED) is 0.143. The molecule has 0 aliphatic heterocycles. The number of hydrogen-bond donors (Lipinski definition) is 1. The van der Waals surface area contributed by atoms with E-state index in [0.29, 0.717) is 46.2 Å². The van der Waals surface area contributed by atoms with Crippen molar-refractivity contribution in [2.45, 2.75) is 12.8 Å². The van der Waals surface area contributed by atoms with Crippen LogP contribution in [0.4, 0.5) is 0 Å². The number of carboxylic acids is 1. The number of carbonyl (C=O) groups excluding carboxylic acids is 2. The zero-order valence-corrected chi connectivity index (χ0v) is 15.7. The van der Waals surface area contributed by atoms with Crippen molar-refractivity contribution >= 4 is 33.7 Å². The number of esters is 1. The SMILES string of the molecule is O=C(CCC(=O)C(=O)O)OCCOCCOCCOCCOCCBr. The summed E-state index contributed by atoms with van der Waals surface area (Å²) < 4.78 is 25.7. The molecule has 0 rings (SSSR count). The molecule has 0 bridgehead atoms. The van der Waals surface area contributed by atoms with Crippen LogP contribution in [0.25, 0.3) is 0 Å². The lowest BCUT2D eigenvalue weighted by atomic mass is 10.2. The monoisotopic (exact) mass is 428 g/mol. The van der Waals surface area contributed by atoms with Crippen molar-refractivity contribution in [3.63, 3.8) is 0 Å². The maximum atomic E-state index is 11.2. The van der Waals surface area contributed by atoms with Gasteiger partial charge in [0.1, 0.15) is 6.61 Å². The molecule has 10 heteroatoms. The van der Waals surface area contributed by atoms with E-state index in [0.717, 1.165) is 5.33 Å². The Bertz CT molecular complexity index is 376. The minimum absolute atomic E-state index is 0.0393. The lowest BCUT2D eigenvalue weighted by Crippen LogP contribution is -2.17. The molecule has 0 atom stereocenters. The van der Waals surface area contributed by atoms with E-state index >= 15 is 0 Å². The molecule has 0 aliphatic rings. The third-order valence-electron chi connectivity index (χ3n) is 2.62. The van der Waals surface area contributed by atoms with Crippen LogP contribution in [-0.2, 0) is 38.1 Å². The Kier molecular flexibility index (Phi) is 17.0. The number of hydrogen-bond acceptors (Lipinski definition) is 8. The molecule has 0 radical (unpaired) electrons. The van der Waals surface area contributed by atoms with Crippen molar-refractivity contribution in [2.24, 2.45) is 0 Å². The highest BCUT2D eigenvalue weighted by atomic mass is 79.9.